The van der Waals surface area contributed by atoms with Crippen LogP contribution in [0.2, 0.25) is 5.15 Å². The highest BCUT2D eigenvalue weighted by molar-refractivity contribution is 9.10. The lowest BCUT2D eigenvalue weighted by Gasteiger charge is -1.96. The molecule has 1 aliphatic carbocycles. The van der Waals surface area contributed by atoms with Crippen LogP contribution in [0.3, 0.4) is 0 Å². The summed E-state index contributed by atoms with van der Waals surface area (Å²) < 4.78 is 2.76. The molecule has 0 aliphatic heterocycles. The highest BCUT2D eigenvalue weighted by Gasteiger charge is 2.26. The zero-order chi connectivity index (χ0) is 7.14. The summed E-state index contributed by atoms with van der Waals surface area (Å²) in [5.74, 6) is 0. The minimum absolute atomic E-state index is 0.568. The van der Waals surface area contributed by atoms with Crippen molar-refractivity contribution in [1.82, 2.24) is 9.78 Å². The van der Waals surface area contributed by atoms with Gasteiger partial charge in [-0.25, -0.2) is 4.68 Å². The second-order valence-corrected chi connectivity index (χ2v) is 3.67. The molecule has 1 heterocycles. The molecule has 0 spiro atoms. The third-order valence-corrected chi connectivity index (χ3v) is 2.77. The Kier molecular flexibility index (Phi) is 1.49. The SMILES string of the molecule is Clc1c(Br)cnn1C1CC1. The van der Waals surface area contributed by atoms with Crippen molar-refractivity contribution in [3.05, 3.63) is 15.8 Å². The molecule has 1 fully saturated rings. The van der Waals surface area contributed by atoms with Crippen LogP contribution in [0.15, 0.2) is 10.7 Å². The summed E-state index contributed by atoms with van der Waals surface area (Å²) >= 11 is 9.19. The molecule has 0 unspecified atom stereocenters. The van der Waals surface area contributed by atoms with Gasteiger partial charge in [0.1, 0.15) is 5.15 Å². The average Bonchev–Trinajstić information content (AvgIpc) is 2.67. The lowest BCUT2D eigenvalue weighted by Crippen LogP contribution is -1.94. The van der Waals surface area contributed by atoms with Gasteiger partial charge < -0.3 is 0 Å². The van der Waals surface area contributed by atoms with Crippen molar-refractivity contribution in [2.24, 2.45) is 0 Å². The fourth-order valence-electron chi connectivity index (χ4n) is 0.900. The normalized spacial score (nSPS) is 17.8. The van der Waals surface area contributed by atoms with E-state index in [9.17, 15) is 0 Å². The summed E-state index contributed by atoms with van der Waals surface area (Å²) in [4.78, 5) is 0. The van der Waals surface area contributed by atoms with E-state index in [0.717, 1.165) is 9.63 Å². The summed E-state index contributed by atoms with van der Waals surface area (Å²) in [7, 11) is 0. The molecule has 1 aliphatic rings. The molecule has 54 valence electrons. The standard InChI is InChI=1S/C6H6BrClN2/c7-5-3-9-10(6(5)8)4-1-2-4/h3-4H,1-2H2. The smallest absolute Gasteiger partial charge is 0.141 e. The highest BCUT2D eigenvalue weighted by atomic mass is 79.9. The second kappa shape index (κ2) is 2.24. The largest absolute Gasteiger partial charge is 0.250 e. The van der Waals surface area contributed by atoms with Crippen LogP contribution in [0.25, 0.3) is 0 Å². The number of hydrogen-bond donors (Lipinski definition) is 0. The van der Waals surface area contributed by atoms with E-state index in [0.29, 0.717) is 6.04 Å². The Bertz CT molecular complexity index is 254. The Hall–Kier alpha value is -0.0200. The Labute approximate surface area is 72.3 Å². The van der Waals surface area contributed by atoms with Crippen molar-refractivity contribution in [2.45, 2.75) is 18.9 Å². The molecule has 0 saturated heterocycles. The molecule has 2 rings (SSSR count). The summed E-state index contributed by atoms with van der Waals surface area (Å²) in [5, 5.41) is 4.84. The van der Waals surface area contributed by atoms with Crippen molar-refractivity contribution < 1.29 is 0 Å². The molecule has 0 aromatic carbocycles. The molecule has 1 aromatic heterocycles. The summed E-state index contributed by atoms with van der Waals surface area (Å²) in [6.45, 7) is 0. The third-order valence-electron chi connectivity index (χ3n) is 1.59. The molecular formula is C6H6BrClN2. The molecule has 0 N–H and O–H groups in total. The number of halogens is 2. The Morgan fingerprint density at radius 1 is 1.70 bits per heavy atom. The van der Waals surface area contributed by atoms with Crippen LogP contribution in [-0.2, 0) is 0 Å². The maximum Gasteiger partial charge on any atom is 0.141 e. The number of hydrogen-bond acceptors (Lipinski definition) is 1. The van der Waals surface area contributed by atoms with Gasteiger partial charge in [-0.1, -0.05) is 11.6 Å². The quantitative estimate of drug-likeness (QED) is 0.713. The van der Waals surface area contributed by atoms with Crippen LogP contribution < -0.4 is 0 Å². The molecule has 1 aromatic rings. The van der Waals surface area contributed by atoms with Crippen molar-refractivity contribution in [1.29, 1.82) is 0 Å². The molecule has 0 radical (unpaired) electrons. The molecule has 4 heteroatoms. The van der Waals surface area contributed by atoms with Crippen LogP contribution >= 0.6 is 27.5 Å². The van der Waals surface area contributed by atoms with Gasteiger partial charge in [0.2, 0.25) is 0 Å². The zero-order valence-electron chi connectivity index (χ0n) is 5.22. The topological polar surface area (TPSA) is 17.8 Å². The Balaban J connectivity index is 2.40. The number of rotatable bonds is 1. The first-order valence-corrected chi connectivity index (χ1v) is 4.34. The molecule has 0 bridgehead atoms. The van der Waals surface area contributed by atoms with Crippen molar-refractivity contribution in [2.75, 3.05) is 0 Å². The third kappa shape index (κ3) is 0.974. The van der Waals surface area contributed by atoms with E-state index in [2.05, 4.69) is 21.0 Å². The van der Waals surface area contributed by atoms with E-state index < -0.39 is 0 Å². The first-order chi connectivity index (χ1) is 4.79. The first-order valence-electron chi connectivity index (χ1n) is 3.17. The van der Waals surface area contributed by atoms with E-state index >= 15 is 0 Å². The van der Waals surface area contributed by atoms with Crippen molar-refractivity contribution in [3.8, 4) is 0 Å². The molecule has 2 nitrogen and oxygen atoms in total. The van der Waals surface area contributed by atoms with Gasteiger partial charge in [0.15, 0.2) is 0 Å². The predicted molar refractivity (Wildman–Crippen MR) is 43.2 cm³/mol. The summed E-state index contributed by atoms with van der Waals surface area (Å²) in [5.41, 5.74) is 0. The summed E-state index contributed by atoms with van der Waals surface area (Å²) in [6, 6.07) is 0.568. The van der Waals surface area contributed by atoms with Gasteiger partial charge in [-0.2, -0.15) is 5.10 Å². The van der Waals surface area contributed by atoms with Gasteiger partial charge in [0.25, 0.3) is 0 Å². The lowest BCUT2D eigenvalue weighted by atomic mass is 10.7. The lowest BCUT2D eigenvalue weighted by molar-refractivity contribution is 0.642. The molecular weight excluding hydrogens is 215 g/mol. The monoisotopic (exact) mass is 220 g/mol. The van der Waals surface area contributed by atoms with Gasteiger partial charge in [0.05, 0.1) is 16.7 Å². The minimum Gasteiger partial charge on any atom is -0.250 e. The molecule has 0 atom stereocenters. The fourth-order valence-corrected chi connectivity index (χ4v) is 1.40. The van der Waals surface area contributed by atoms with Crippen molar-refractivity contribution in [3.63, 3.8) is 0 Å². The van der Waals surface area contributed by atoms with Crippen LogP contribution in [0.1, 0.15) is 18.9 Å². The van der Waals surface area contributed by atoms with E-state index in [1.54, 1.807) is 6.20 Å². The van der Waals surface area contributed by atoms with Gasteiger partial charge in [0, 0.05) is 0 Å². The average molecular weight is 221 g/mol. The van der Waals surface area contributed by atoms with Crippen LogP contribution in [0, 0.1) is 0 Å². The van der Waals surface area contributed by atoms with Crippen LogP contribution in [0.5, 0.6) is 0 Å². The Morgan fingerprint density at radius 3 is 2.80 bits per heavy atom. The van der Waals surface area contributed by atoms with E-state index in [-0.39, 0.29) is 0 Å². The summed E-state index contributed by atoms with van der Waals surface area (Å²) in [6.07, 6.45) is 4.17. The number of aromatic nitrogens is 2. The highest BCUT2D eigenvalue weighted by Crippen LogP contribution is 2.38. The first kappa shape index (κ1) is 6.68. The van der Waals surface area contributed by atoms with Crippen molar-refractivity contribution >= 4 is 27.5 Å². The van der Waals surface area contributed by atoms with Gasteiger partial charge in [-0.05, 0) is 28.8 Å². The molecule has 1 saturated carbocycles. The maximum absolute atomic E-state index is 5.90. The van der Waals surface area contributed by atoms with Crippen LogP contribution in [0.4, 0.5) is 0 Å². The van der Waals surface area contributed by atoms with E-state index in [1.807, 2.05) is 4.68 Å². The minimum atomic E-state index is 0.568. The van der Waals surface area contributed by atoms with E-state index in [1.165, 1.54) is 12.8 Å². The zero-order valence-corrected chi connectivity index (χ0v) is 7.56. The molecule has 10 heavy (non-hydrogen) atoms. The second-order valence-electron chi connectivity index (χ2n) is 2.46. The van der Waals surface area contributed by atoms with Gasteiger partial charge >= 0.3 is 0 Å². The maximum atomic E-state index is 5.90. The van der Waals surface area contributed by atoms with Gasteiger partial charge in [-0.3, -0.25) is 0 Å². The predicted octanol–water partition coefficient (Wildman–Crippen LogP) is 2.63. The van der Waals surface area contributed by atoms with E-state index in [4.69, 9.17) is 11.6 Å². The molecule has 0 amide bonds. The van der Waals surface area contributed by atoms with Crippen LogP contribution in [-0.4, -0.2) is 9.78 Å². The fraction of sp³-hybridized carbons (Fsp3) is 0.500. The Morgan fingerprint density at radius 2 is 2.40 bits per heavy atom. The number of nitrogens with zero attached hydrogens (tertiary/aromatic N) is 2. The van der Waals surface area contributed by atoms with Gasteiger partial charge in [-0.15, -0.1) is 0 Å².